The summed E-state index contributed by atoms with van der Waals surface area (Å²) < 4.78 is 15.2. The van der Waals surface area contributed by atoms with Gasteiger partial charge in [0.15, 0.2) is 0 Å². The first kappa shape index (κ1) is 13.8. The summed E-state index contributed by atoms with van der Waals surface area (Å²) in [6, 6.07) is 0. The highest BCUT2D eigenvalue weighted by molar-refractivity contribution is 5.98. The zero-order chi connectivity index (χ0) is 15.4. The third-order valence-electron chi connectivity index (χ3n) is 4.24. The van der Waals surface area contributed by atoms with Crippen LogP contribution >= 0.6 is 0 Å². The molecule has 4 aliphatic rings. The number of hydrogen-bond donors (Lipinski definition) is 0. The van der Waals surface area contributed by atoms with E-state index in [9.17, 15) is 19.2 Å². The van der Waals surface area contributed by atoms with E-state index in [1.807, 2.05) is 0 Å². The summed E-state index contributed by atoms with van der Waals surface area (Å²) in [4.78, 5) is 46.5. The number of carbonyl (C=O) groups excluding carboxylic acids is 4. The van der Waals surface area contributed by atoms with Crippen molar-refractivity contribution in [3.63, 3.8) is 0 Å². The number of allylic oxidation sites excluding steroid dienone is 1. The summed E-state index contributed by atoms with van der Waals surface area (Å²) in [5.41, 5.74) is -1.26. The molecule has 112 valence electrons. The van der Waals surface area contributed by atoms with Crippen LogP contribution in [0.2, 0.25) is 0 Å². The van der Waals surface area contributed by atoms with Crippen LogP contribution in [0.5, 0.6) is 0 Å². The first-order valence-corrected chi connectivity index (χ1v) is 6.70. The van der Waals surface area contributed by atoms with Gasteiger partial charge in [-0.25, -0.2) is 0 Å². The van der Waals surface area contributed by atoms with Gasteiger partial charge >= 0.3 is 23.9 Å². The Morgan fingerprint density at radius 2 is 1.95 bits per heavy atom. The van der Waals surface area contributed by atoms with Crippen LogP contribution in [0.4, 0.5) is 0 Å². The van der Waals surface area contributed by atoms with E-state index in [1.165, 1.54) is 19.9 Å². The Labute approximate surface area is 120 Å². The smallest absolute Gasteiger partial charge is 0.321 e. The minimum absolute atomic E-state index is 0.280. The Morgan fingerprint density at radius 3 is 2.57 bits per heavy atom. The fourth-order valence-electron chi connectivity index (χ4n) is 3.64. The monoisotopic (exact) mass is 294 g/mol. The van der Waals surface area contributed by atoms with Gasteiger partial charge in [-0.2, -0.15) is 0 Å². The molecule has 1 saturated carbocycles. The van der Waals surface area contributed by atoms with Crippen LogP contribution in [-0.4, -0.2) is 29.5 Å². The number of cyclic esters (lactones) is 2. The van der Waals surface area contributed by atoms with E-state index < -0.39 is 47.2 Å². The molecule has 0 N–H and O–H groups in total. The maximum Gasteiger partial charge on any atom is 0.321 e. The zero-order valence-corrected chi connectivity index (χ0v) is 11.6. The Balaban J connectivity index is 2.08. The average molecular weight is 294 g/mol. The average Bonchev–Trinajstić information content (AvgIpc) is 2.65. The van der Waals surface area contributed by atoms with Gasteiger partial charge in [0.1, 0.15) is 17.3 Å². The van der Waals surface area contributed by atoms with Crippen molar-refractivity contribution in [2.45, 2.75) is 32.3 Å². The second kappa shape index (κ2) is 4.41. The molecule has 2 bridgehead atoms. The minimum atomic E-state index is -1.26. The normalized spacial score (nSPS) is 36.7. The highest BCUT2D eigenvalue weighted by Crippen LogP contribution is 2.55. The predicted molar refractivity (Wildman–Crippen MR) is 65.1 cm³/mol. The largest absolute Gasteiger partial charge is 0.454 e. The van der Waals surface area contributed by atoms with Crippen LogP contribution in [0.25, 0.3) is 0 Å². The van der Waals surface area contributed by atoms with E-state index >= 15 is 0 Å². The molecule has 7 nitrogen and oxygen atoms in total. The van der Waals surface area contributed by atoms with Crippen LogP contribution in [0, 0.1) is 17.8 Å². The Bertz CT molecular complexity index is 590. The quantitative estimate of drug-likeness (QED) is 0.415. The van der Waals surface area contributed by atoms with Crippen LogP contribution in [0.15, 0.2) is 11.8 Å². The van der Waals surface area contributed by atoms with Crippen LogP contribution < -0.4 is 0 Å². The minimum Gasteiger partial charge on any atom is -0.454 e. The third-order valence-corrected chi connectivity index (χ3v) is 4.24. The van der Waals surface area contributed by atoms with E-state index in [0.717, 1.165) is 0 Å². The second-order valence-corrected chi connectivity index (χ2v) is 5.58. The first-order chi connectivity index (χ1) is 9.84. The van der Waals surface area contributed by atoms with E-state index in [1.54, 1.807) is 0 Å². The lowest BCUT2D eigenvalue weighted by molar-refractivity contribution is -0.172. The number of fused-ring (bicyclic) bond motifs is 1. The lowest BCUT2D eigenvalue weighted by atomic mass is 9.59. The SMILES string of the molecule is CC(=O)OC1=C[C@]2(OC(C)=O)CC[C@H]1[C@H]1C(=O)OC(=O)[C@@H]12. The number of carbonyl (C=O) groups is 4. The first-order valence-electron chi connectivity index (χ1n) is 6.70. The fourth-order valence-corrected chi connectivity index (χ4v) is 3.64. The van der Waals surface area contributed by atoms with Crippen molar-refractivity contribution in [2.24, 2.45) is 17.8 Å². The summed E-state index contributed by atoms with van der Waals surface area (Å²) >= 11 is 0. The topological polar surface area (TPSA) is 96.0 Å². The summed E-state index contributed by atoms with van der Waals surface area (Å²) in [7, 11) is 0. The maximum atomic E-state index is 12.0. The van der Waals surface area contributed by atoms with Crippen molar-refractivity contribution >= 4 is 23.9 Å². The van der Waals surface area contributed by atoms with Crippen molar-refractivity contribution in [1.29, 1.82) is 0 Å². The van der Waals surface area contributed by atoms with E-state index in [0.29, 0.717) is 12.8 Å². The molecule has 2 fully saturated rings. The molecule has 0 radical (unpaired) electrons. The van der Waals surface area contributed by atoms with E-state index in [-0.39, 0.29) is 5.76 Å². The zero-order valence-electron chi connectivity index (χ0n) is 11.6. The fraction of sp³-hybridized carbons (Fsp3) is 0.571. The van der Waals surface area contributed by atoms with E-state index in [4.69, 9.17) is 14.2 Å². The van der Waals surface area contributed by atoms with Gasteiger partial charge in [0, 0.05) is 19.8 Å². The maximum absolute atomic E-state index is 12.0. The van der Waals surface area contributed by atoms with Crippen LogP contribution in [0.3, 0.4) is 0 Å². The van der Waals surface area contributed by atoms with Gasteiger partial charge in [0.05, 0.1) is 5.92 Å². The molecule has 4 atom stereocenters. The van der Waals surface area contributed by atoms with Crippen molar-refractivity contribution in [3.05, 3.63) is 11.8 Å². The highest BCUT2D eigenvalue weighted by Gasteiger charge is 2.66. The lowest BCUT2D eigenvalue weighted by Crippen LogP contribution is -2.55. The molecule has 4 rings (SSSR count). The molecule has 0 aromatic heterocycles. The molecule has 0 spiro atoms. The van der Waals surface area contributed by atoms with Gasteiger partial charge in [-0.15, -0.1) is 0 Å². The van der Waals surface area contributed by atoms with Crippen molar-refractivity contribution in [1.82, 2.24) is 0 Å². The Morgan fingerprint density at radius 1 is 1.24 bits per heavy atom. The summed E-state index contributed by atoms with van der Waals surface area (Å²) in [6.45, 7) is 2.48. The molecule has 0 unspecified atom stereocenters. The molecule has 0 aromatic rings. The Kier molecular flexibility index (Phi) is 2.89. The third kappa shape index (κ3) is 1.95. The van der Waals surface area contributed by atoms with Crippen LogP contribution in [0.1, 0.15) is 26.7 Å². The summed E-state index contributed by atoms with van der Waals surface area (Å²) in [6.07, 6.45) is 2.37. The molecule has 7 heteroatoms. The predicted octanol–water partition coefficient (Wildman–Crippen LogP) is 0.475. The standard InChI is InChI=1S/C14H14O7/c1-6(15)19-9-5-14(21-7(2)16)4-3-8(9)10-11(14)13(18)20-12(10)17/h5,8,10-11H,3-4H2,1-2H3/t8-,10-,11-,14-/m1/s1. The number of hydrogen-bond acceptors (Lipinski definition) is 7. The second-order valence-electron chi connectivity index (χ2n) is 5.58. The molecule has 3 aliphatic carbocycles. The van der Waals surface area contributed by atoms with Gasteiger partial charge in [-0.3, -0.25) is 19.2 Å². The molecule has 1 saturated heterocycles. The van der Waals surface area contributed by atoms with Crippen molar-refractivity contribution in [3.8, 4) is 0 Å². The summed E-state index contributed by atoms with van der Waals surface area (Å²) in [5.74, 6) is -4.16. The molecule has 21 heavy (non-hydrogen) atoms. The van der Waals surface area contributed by atoms with Gasteiger partial charge in [0.2, 0.25) is 0 Å². The molecular weight excluding hydrogens is 280 g/mol. The Hall–Kier alpha value is -2.18. The molecule has 1 heterocycles. The van der Waals surface area contributed by atoms with Crippen LogP contribution in [-0.2, 0) is 33.4 Å². The number of ether oxygens (including phenoxy) is 3. The van der Waals surface area contributed by atoms with Crippen molar-refractivity contribution < 1.29 is 33.4 Å². The summed E-state index contributed by atoms with van der Waals surface area (Å²) in [5, 5.41) is 0. The molecular formula is C14H14O7. The highest BCUT2D eigenvalue weighted by atomic mass is 16.6. The van der Waals surface area contributed by atoms with Gasteiger partial charge in [-0.05, 0) is 18.9 Å². The van der Waals surface area contributed by atoms with Crippen molar-refractivity contribution in [2.75, 3.05) is 0 Å². The molecule has 1 aliphatic heterocycles. The van der Waals surface area contributed by atoms with Gasteiger partial charge < -0.3 is 14.2 Å². The number of esters is 4. The molecule has 0 aromatic carbocycles. The number of rotatable bonds is 2. The van der Waals surface area contributed by atoms with Gasteiger partial charge in [-0.1, -0.05) is 0 Å². The van der Waals surface area contributed by atoms with E-state index in [2.05, 4.69) is 0 Å². The molecule has 0 amide bonds. The van der Waals surface area contributed by atoms with Gasteiger partial charge in [0.25, 0.3) is 0 Å². The lowest BCUT2D eigenvalue weighted by Gasteiger charge is -2.47.